The van der Waals surface area contributed by atoms with Gasteiger partial charge in [0.15, 0.2) is 11.7 Å². The Morgan fingerprint density at radius 2 is 2.29 bits per heavy atom. The Bertz CT molecular complexity index is 585. The van der Waals surface area contributed by atoms with Crippen LogP contribution in [0.5, 0.6) is 0 Å². The molecule has 0 saturated carbocycles. The number of H-pyrrole nitrogens is 1. The monoisotopic (exact) mass is 448 g/mol. The van der Waals surface area contributed by atoms with Crippen LogP contribution in [-0.2, 0) is 11.2 Å². The highest BCUT2D eigenvalue weighted by Crippen LogP contribution is 2.14. The van der Waals surface area contributed by atoms with E-state index in [1.54, 1.807) is 13.4 Å². The van der Waals surface area contributed by atoms with Gasteiger partial charge in [0.2, 0.25) is 5.82 Å². The molecule has 0 aromatic carbocycles. The summed E-state index contributed by atoms with van der Waals surface area (Å²) >= 11 is 0. The number of aromatic nitrogens is 3. The largest absolute Gasteiger partial charge is 0.461 e. The lowest BCUT2D eigenvalue weighted by atomic mass is 10.4. The Morgan fingerprint density at radius 3 is 3.00 bits per heavy atom. The molecule has 0 aliphatic rings. The molecular weight excluding hydrogens is 423 g/mol. The molecular formula is C15H25IN6O2. The van der Waals surface area contributed by atoms with Gasteiger partial charge in [-0.3, -0.25) is 10.1 Å². The predicted molar refractivity (Wildman–Crippen MR) is 104 cm³/mol. The van der Waals surface area contributed by atoms with Crippen molar-refractivity contribution in [1.82, 2.24) is 25.8 Å². The number of furan rings is 1. The van der Waals surface area contributed by atoms with Gasteiger partial charge in [0.25, 0.3) is 0 Å². The average Bonchev–Trinajstić information content (AvgIpc) is 3.22. The molecule has 0 fully saturated rings. The fourth-order valence-corrected chi connectivity index (χ4v) is 1.96. The number of hydrogen-bond acceptors (Lipinski definition) is 5. The van der Waals surface area contributed by atoms with Crippen LogP contribution in [0.25, 0.3) is 11.6 Å². The van der Waals surface area contributed by atoms with E-state index >= 15 is 0 Å². The van der Waals surface area contributed by atoms with Gasteiger partial charge in [-0.05, 0) is 25.5 Å². The SMILES string of the molecule is CCNC(=NCCCOC)NCCc1nc(-c2ccco2)n[nH]1.I. The van der Waals surface area contributed by atoms with Gasteiger partial charge in [0.1, 0.15) is 5.82 Å². The number of halogens is 1. The second-order valence-corrected chi connectivity index (χ2v) is 4.87. The Hall–Kier alpha value is -1.62. The summed E-state index contributed by atoms with van der Waals surface area (Å²) < 4.78 is 10.3. The van der Waals surface area contributed by atoms with Gasteiger partial charge in [-0.1, -0.05) is 0 Å². The van der Waals surface area contributed by atoms with E-state index in [0.29, 0.717) is 18.1 Å². The van der Waals surface area contributed by atoms with Crippen molar-refractivity contribution in [3.05, 3.63) is 24.2 Å². The van der Waals surface area contributed by atoms with Crippen molar-refractivity contribution in [2.75, 3.05) is 33.4 Å². The lowest BCUT2D eigenvalue weighted by molar-refractivity contribution is 0.197. The molecule has 3 N–H and O–H groups in total. The van der Waals surface area contributed by atoms with Crippen LogP contribution in [-0.4, -0.2) is 54.5 Å². The second-order valence-electron chi connectivity index (χ2n) is 4.87. The molecule has 134 valence electrons. The van der Waals surface area contributed by atoms with Crippen molar-refractivity contribution in [3.63, 3.8) is 0 Å². The molecule has 0 aliphatic heterocycles. The number of aromatic amines is 1. The van der Waals surface area contributed by atoms with Crippen molar-refractivity contribution in [2.24, 2.45) is 4.99 Å². The fraction of sp³-hybridized carbons (Fsp3) is 0.533. The van der Waals surface area contributed by atoms with Crippen molar-refractivity contribution in [2.45, 2.75) is 19.8 Å². The number of ether oxygens (including phenoxy) is 1. The predicted octanol–water partition coefficient (Wildman–Crippen LogP) is 1.82. The van der Waals surface area contributed by atoms with Crippen LogP contribution in [0.2, 0.25) is 0 Å². The Labute approximate surface area is 158 Å². The summed E-state index contributed by atoms with van der Waals surface area (Å²) in [5, 5.41) is 13.6. The molecule has 9 heteroatoms. The molecule has 0 saturated heterocycles. The Kier molecular flexibility index (Phi) is 10.1. The van der Waals surface area contributed by atoms with Crippen molar-refractivity contribution < 1.29 is 9.15 Å². The first-order valence-electron chi connectivity index (χ1n) is 7.79. The van der Waals surface area contributed by atoms with Crippen LogP contribution in [0, 0.1) is 0 Å². The third-order valence-electron chi connectivity index (χ3n) is 3.05. The van der Waals surface area contributed by atoms with E-state index in [4.69, 9.17) is 9.15 Å². The van der Waals surface area contributed by atoms with E-state index in [0.717, 1.165) is 44.3 Å². The lowest BCUT2D eigenvalue weighted by Gasteiger charge is -2.10. The van der Waals surface area contributed by atoms with Gasteiger partial charge >= 0.3 is 0 Å². The number of rotatable bonds is 9. The van der Waals surface area contributed by atoms with Gasteiger partial charge in [0.05, 0.1) is 6.26 Å². The number of hydrogen-bond donors (Lipinski definition) is 3. The minimum Gasteiger partial charge on any atom is -0.461 e. The molecule has 0 bridgehead atoms. The van der Waals surface area contributed by atoms with Gasteiger partial charge in [-0.15, -0.1) is 24.0 Å². The number of methoxy groups -OCH3 is 1. The zero-order valence-corrected chi connectivity index (χ0v) is 16.4. The maximum Gasteiger partial charge on any atom is 0.216 e. The highest BCUT2D eigenvalue weighted by Gasteiger charge is 2.08. The maximum absolute atomic E-state index is 5.27. The van der Waals surface area contributed by atoms with Crippen molar-refractivity contribution in [1.29, 1.82) is 0 Å². The van der Waals surface area contributed by atoms with Gasteiger partial charge < -0.3 is 19.8 Å². The molecule has 2 rings (SSSR count). The molecule has 24 heavy (non-hydrogen) atoms. The lowest BCUT2D eigenvalue weighted by Crippen LogP contribution is -2.38. The number of nitrogens with zero attached hydrogens (tertiary/aromatic N) is 3. The van der Waals surface area contributed by atoms with Crippen molar-refractivity contribution in [3.8, 4) is 11.6 Å². The van der Waals surface area contributed by atoms with E-state index in [1.165, 1.54) is 0 Å². The standard InChI is InChI=1S/C15H24N6O2.HI/c1-3-16-15(17-8-5-10-22-2)18-9-7-13-19-14(21-20-13)12-6-4-11-23-12;/h4,6,11H,3,5,7-10H2,1-2H3,(H2,16,17,18)(H,19,20,21);1H. The van der Waals surface area contributed by atoms with Crippen LogP contribution in [0.1, 0.15) is 19.2 Å². The summed E-state index contributed by atoms with van der Waals surface area (Å²) in [5.41, 5.74) is 0. The molecule has 0 radical (unpaired) electrons. The summed E-state index contributed by atoms with van der Waals surface area (Å²) in [4.78, 5) is 8.89. The fourth-order valence-electron chi connectivity index (χ4n) is 1.96. The van der Waals surface area contributed by atoms with E-state index in [-0.39, 0.29) is 24.0 Å². The van der Waals surface area contributed by atoms with Crippen LogP contribution in [0.15, 0.2) is 27.8 Å². The summed E-state index contributed by atoms with van der Waals surface area (Å²) in [6.07, 6.45) is 3.23. The number of nitrogens with one attached hydrogen (secondary N) is 3. The molecule has 0 aliphatic carbocycles. The van der Waals surface area contributed by atoms with Gasteiger partial charge in [-0.2, -0.15) is 5.10 Å². The Morgan fingerprint density at radius 1 is 1.42 bits per heavy atom. The average molecular weight is 448 g/mol. The van der Waals surface area contributed by atoms with Crippen molar-refractivity contribution >= 4 is 29.9 Å². The molecule has 0 atom stereocenters. The van der Waals surface area contributed by atoms with Gasteiger partial charge in [-0.25, -0.2) is 4.98 Å². The minimum absolute atomic E-state index is 0. The maximum atomic E-state index is 5.27. The molecule has 2 aromatic rings. The first-order chi connectivity index (χ1) is 11.3. The third-order valence-corrected chi connectivity index (χ3v) is 3.05. The normalized spacial score (nSPS) is 11.2. The highest BCUT2D eigenvalue weighted by atomic mass is 127. The smallest absolute Gasteiger partial charge is 0.216 e. The molecule has 2 heterocycles. The summed E-state index contributed by atoms with van der Waals surface area (Å²) in [5.74, 6) is 2.84. The zero-order valence-electron chi connectivity index (χ0n) is 14.0. The van der Waals surface area contributed by atoms with Gasteiger partial charge in [0, 0.05) is 39.8 Å². The van der Waals surface area contributed by atoms with E-state index in [1.807, 2.05) is 19.1 Å². The summed E-state index contributed by atoms with van der Waals surface area (Å²) in [6, 6.07) is 3.65. The molecule has 0 unspecified atom stereocenters. The third kappa shape index (κ3) is 6.87. The van der Waals surface area contributed by atoms with Crippen LogP contribution in [0.4, 0.5) is 0 Å². The van der Waals surface area contributed by atoms with Crippen LogP contribution in [0.3, 0.4) is 0 Å². The van der Waals surface area contributed by atoms with Crippen LogP contribution < -0.4 is 10.6 Å². The zero-order chi connectivity index (χ0) is 16.3. The molecule has 8 nitrogen and oxygen atoms in total. The Balaban J connectivity index is 0.00000288. The van der Waals surface area contributed by atoms with E-state index < -0.39 is 0 Å². The first-order valence-corrected chi connectivity index (χ1v) is 7.79. The molecule has 0 spiro atoms. The van der Waals surface area contributed by atoms with Crippen LogP contribution >= 0.6 is 24.0 Å². The molecule has 0 amide bonds. The number of guanidine groups is 1. The molecule has 2 aromatic heterocycles. The van der Waals surface area contributed by atoms with E-state index in [9.17, 15) is 0 Å². The highest BCUT2D eigenvalue weighted by molar-refractivity contribution is 14.0. The minimum atomic E-state index is 0. The second kappa shape index (κ2) is 11.8. The van der Waals surface area contributed by atoms with E-state index in [2.05, 4.69) is 30.8 Å². The quantitative estimate of drug-likeness (QED) is 0.234. The first kappa shape index (κ1) is 20.4. The summed E-state index contributed by atoms with van der Waals surface area (Å²) in [7, 11) is 1.70. The summed E-state index contributed by atoms with van der Waals surface area (Å²) in [6.45, 7) is 5.02. The topological polar surface area (TPSA) is 100 Å². The number of aliphatic imine (C=N–C) groups is 1.